The first kappa shape index (κ1) is 11.2. The summed E-state index contributed by atoms with van der Waals surface area (Å²) in [4.78, 5) is 7.75. The summed E-state index contributed by atoms with van der Waals surface area (Å²) < 4.78 is 0. The second-order valence-electron chi connectivity index (χ2n) is 1.38. The minimum Gasteiger partial charge on any atom is -0.662 e. The molecule has 1 aliphatic heterocycles. The molecule has 0 aliphatic carbocycles. The first-order chi connectivity index (χ1) is 3.50. The fourth-order valence-corrected chi connectivity index (χ4v) is 0.559. The molecule has 3 heteroatoms. The second-order valence-corrected chi connectivity index (χ2v) is 1.38. The molecule has 0 radical (unpaired) electrons. The molecule has 0 spiro atoms. The van der Waals surface area contributed by atoms with Gasteiger partial charge in [0, 0.05) is 0 Å². The topological polar surface area (TPSA) is 31.2 Å². The molecular formula is C5H9NOW. The predicted molar refractivity (Wildman–Crippen MR) is 29.1 cm³/mol. The molecule has 1 fully saturated rings. The van der Waals surface area contributed by atoms with Crippen LogP contribution in [0.15, 0.2) is 0 Å². The second kappa shape index (κ2) is 10.3. The van der Waals surface area contributed by atoms with Gasteiger partial charge in [-0.1, -0.05) is 12.8 Å². The van der Waals surface area contributed by atoms with E-state index in [1.165, 1.54) is 12.8 Å². The summed E-state index contributed by atoms with van der Waals surface area (Å²) in [5.41, 5.74) is 0. The largest absolute Gasteiger partial charge is 2.00 e. The number of hydrogen-bond donors (Lipinski definition) is 0. The maximum atomic E-state index is 7.75. The smallest absolute Gasteiger partial charge is 0.662 e. The first-order valence-electron chi connectivity index (χ1n) is 2.37. The molecule has 0 unspecified atom stereocenters. The van der Waals surface area contributed by atoms with Gasteiger partial charge in [0.25, 0.3) is 0 Å². The number of nitrogens with zero attached hydrogens (tertiary/aromatic N) is 1. The maximum absolute atomic E-state index is 7.75. The summed E-state index contributed by atoms with van der Waals surface area (Å²) in [5.74, 6) is 0. The van der Waals surface area contributed by atoms with Crippen molar-refractivity contribution in [3.05, 3.63) is 5.32 Å². The van der Waals surface area contributed by atoms with Gasteiger partial charge >= 0.3 is 21.1 Å². The Morgan fingerprint density at radius 3 is 1.62 bits per heavy atom. The van der Waals surface area contributed by atoms with E-state index in [4.69, 9.17) is 4.79 Å². The zero-order valence-electron chi connectivity index (χ0n) is 4.67. The summed E-state index contributed by atoms with van der Waals surface area (Å²) in [5, 5.41) is 4.08. The third-order valence-electron chi connectivity index (χ3n) is 0.882. The molecule has 8 heavy (non-hydrogen) atoms. The fourth-order valence-electron chi connectivity index (χ4n) is 0.559. The van der Waals surface area contributed by atoms with Gasteiger partial charge in [0.15, 0.2) is 0 Å². The van der Waals surface area contributed by atoms with E-state index in [9.17, 15) is 0 Å². The van der Waals surface area contributed by atoms with Crippen LogP contribution in [0.4, 0.5) is 0 Å². The summed E-state index contributed by atoms with van der Waals surface area (Å²) in [6.45, 7) is 5.50. The van der Waals surface area contributed by atoms with Crippen molar-refractivity contribution in [2.75, 3.05) is 13.1 Å². The Kier molecular flexibility index (Phi) is 14.4. The van der Waals surface area contributed by atoms with Gasteiger partial charge in [0.1, 0.15) is 0 Å². The van der Waals surface area contributed by atoms with Crippen LogP contribution in [0.5, 0.6) is 0 Å². The van der Waals surface area contributed by atoms with Gasteiger partial charge in [-0.15, -0.1) is 13.1 Å². The van der Waals surface area contributed by atoms with Crippen LogP contribution in [0, 0.1) is 0 Å². The van der Waals surface area contributed by atoms with Crippen LogP contribution in [0.2, 0.25) is 0 Å². The molecule has 46 valence electrons. The minimum atomic E-state index is 0. The van der Waals surface area contributed by atoms with Crippen LogP contribution in [0.3, 0.4) is 0 Å². The van der Waals surface area contributed by atoms with Crippen LogP contribution in [-0.4, -0.2) is 19.9 Å². The number of carbonyl (C=O) groups excluding carboxylic acids is 1. The average Bonchev–Trinajstić information content (AvgIpc) is 2.23. The molecule has 1 aliphatic rings. The SMILES string of the molecule is C1CC[N-]C1.[CH-]=O.[W+2]. The van der Waals surface area contributed by atoms with Crippen LogP contribution in [0.1, 0.15) is 12.8 Å². The van der Waals surface area contributed by atoms with Gasteiger partial charge in [-0.05, 0) is 0 Å². The molecule has 0 aromatic heterocycles. The molecule has 1 rings (SSSR count). The van der Waals surface area contributed by atoms with Gasteiger partial charge in [0.2, 0.25) is 0 Å². The van der Waals surface area contributed by atoms with Gasteiger partial charge in [-0.2, -0.15) is 0 Å². The van der Waals surface area contributed by atoms with E-state index in [0.29, 0.717) is 0 Å². The van der Waals surface area contributed by atoms with Crippen molar-refractivity contribution in [3.8, 4) is 0 Å². The maximum Gasteiger partial charge on any atom is 2.00 e. The van der Waals surface area contributed by atoms with E-state index in [1.807, 2.05) is 0 Å². The van der Waals surface area contributed by atoms with E-state index in [1.54, 1.807) is 0 Å². The summed E-state index contributed by atoms with van der Waals surface area (Å²) in [7, 11) is 0. The van der Waals surface area contributed by atoms with Crippen molar-refractivity contribution < 1.29 is 25.9 Å². The Bertz CT molecular complexity index is 31.8. The Hall–Kier alpha value is 0.318. The summed E-state index contributed by atoms with van der Waals surface area (Å²) >= 11 is 0. The molecule has 0 aromatic rings. The van der Waals surface area contributed by atoms with Crippen molar-refractivity contribution in [3.63, 3.8) is 0 Å². The molecule has 1 saturated heterocycles. The Labute approximate surface area is 64.3 Å². The van der Waals surface area contributed by atoms with E-state index >= 15 is 0 Å². The summed E-state index contributed by atoms with van der Waals surface area (Å²) in [6, 6.07) is 0. The third-order valence-corrected chi connectivity index (χ3v) is 0.882. The Morgan fingerprint density at radius 2 is 1.50 bits per heavy atom. The molecule has 0 N–H and O–H groups in total. The monoisotopic (exact) mass is 283 g/mol. The zero-order chi connectivity index (χ0) is 5.54. The van der Waals surface area contributed by atoms with Crippen molar-refractivity contribution in [2.45, 2.75) is 12.8 Å². The number of rotatable bonds is 0. The fraction of sp³-hybridized carbons (Fsp3) is 0.800. The van der Waals surface area contributed by atoms with E-state index in [2.05, 4.69) is 12.1 Å². The normalized spacial score (nSPS) is 15.5. The van der Waals surface area contributed by atoms with Crippen LogP contribution in [0.25, 0.3) is 5.32 Å². The third kappa shape index (κ3) is 6.32. The van der Waals surface area contributed by atoms with Crippen molar-refractivity contribution in [2.24, 2.45) is 0 Å². The number of hydrogen-bond acceptors (Lipinski definition) is 1. The van der Waals surface area contributed by atoms with Crippen molar-refractivity contribution in [1.82, 2.24) is 0 Å². The standard InChI is InChI=1S/C4H8N.CHO.W/c1-2-4-5-3-1;1-2;/h1-4H2;1H;/q2*-1;+2. The molecule has 0 amide bonds. The quantitative estimate of drug-likeness (QED) is 0.479. The first-order valence-corrected chi connectivity index (χ1v) is 2.37. The Balaban J connectivity index is 0. The van der Waals surface area contributed by atoms with Gasteiger partial charge in [0.05, 0.1) is 0 Å². The van der Waals surface area contributed by atoms with E-state index < -0.39 is 0 Å². The van der Waals surface area contributed by atoms with E-state index in [-0.39, 0.29) is 21.1 Å². The molecule has 1 heterocycles. The average molecular weight is 283 g/mol. The Morgan fingerprint density at radius 1 is 1.12 bits per heavy atom. The van der Waals surface area contributed by atoms with Gasteiger partial charge in [-0.3, -0.25) is 6.79 Å². The van der Waals surface area contributed by atoms with E-state index in [0.717, 1.165) is 13.1 Å². The van der Waals surface area contributed by atoms with Crippen molar-refractivity contribution >= 4 is 6.79 Å². The molecular weight excluding hydrogens is 274 g/mol. The van der Waals surface area contributed by atoms with Gasteiger partial charge in [-0.25, -0.2) is 0 Å². The summed E-state index contributed by atoms with van der Waals surface area (Å²) in [6.07, 6.45) is 2.67. The van der Waals surface area contributed by atoms with Crippen LogP contribution in [-0.2, 0) is 25.9 Å². The molecule has 0 saturated carbocycles. The molecule has 0 bridgehead atoms. The zero-order valence-corrected chi connectivity index (χ0v) is 7.60. The minimum absolute atomic E-state index is 0. The predicted octanol–water partition coefficient (Wildman–Crippen LogP) is 0.877. The van der Waals surface area contributed by atoms with Crippen LogP contribution >= 0.6 is 0 Å². The molecule has 2 nitrogen and oxygen atoms in total. The molecule has 0 aromatic carbocycles. The van der Waals surface area contributed by atoms with Crippen LogP contribution < -0.4 is 0 Å². The molecule has 0 atom stereocenters. The van der Waals surface area contributed by atoms with Crippen molar-refractivity contribution in [1.29, 1.82) is 0 Å². The van der Waals surface area contributed by atoms with Gasteiger partial charge < -0.3 is 10.1 Å².